The van der Waals surface area contributed by atoms with E-state index in [-0.39, 0.29) is 10.9 Å². The van der Waals surface area contributed by atoms with Crippen molar-refractivity contribution in [3.8, 4) is 5.69 Å². The Morgan fingerprint density at radius 3 is 2.59 bits per heavy atom. The van der Waals surface area contributed by atoms with Crippen LogP contribution in [0.4, 0.5) is 14.5 Å². The Morgan fingerprint density at radius 2 is 1.79 bits per heavy atom. The summed E-state index contributed by atoms with van der Waals surface area (Å²) in [6.07, 6.45) is 1.49. The average Bonchev–Trinajstić information content (AvgIpc) is 3.07. The molecule has 3 heterocycles. The predicted octanol–water partition coefficient (Wildman–Crippen LogP) is 4.76. The minimum absolute atomic E-state index is 0.00662. The lowest BCUT2D eigenvalue weighted by Crippen LogP contribution is -2.36. The molecule has 2 aromatic carbocycles. The Balaban J connectivity index is 1.80. The number of anilines is 1. The zero-order valence-corrected chi connectivity index (χ0v) is 17.2. The van der Waals surface area contributed by atoms with Gasteiger partial charge in [0, 0.05) is 29.4 Å². The lowest BCUT2D eigenvalue weighted by molar-refractivity contribution is 0.122. The van der Waals surface area contributed by atoms with Crippen LogP contribution in [-0.2, 0) is 4.74 Å². The number of ether oxygens (including phenoxy) is 1. The number of aromatic nitrogens is 3. The molecule has 0 saturated carbocycles. The summed E-state index contributed by atoms with van der Waals surface area (Å²) < 4.78 is 37.2. The lowest BCUT2D eigenvalue weighted by atomic mass is 10.1. The Bertz CT molecular complexity index is 1250. The molecule has 2 aromatic heterocycles. The number of hydrogen-bond donors (Lipinski definition) is 0. The second kappa shape index (κ2) is 7.03. The normalized spacial score (nSPS) is 14.8. The molecular weight excluding hydrogens is 442 g/mol. The molecule has 1 aliphatic rings. The van der Waals surface area contributed by atoms with Crippen LogP contribution in [0.1, 0.15) is 5.82 Å². The van der Waals surface area contributed by atoms with Gasteiger partial charge < -0.3 is 9.64 Å². The van der Waals surface area contributed by atoms with Gasteiger partial charge in [-0.3, -0.25) is 9.55 Å². The number of fused-ring (bicyclic) bond motifs is 2. The Hall–Kier alpha value is -2.58. The van der Waals surface area contributed by atoms with Gasteiger partial charge in [0.05, 0.1) is 29.8 Å². The predicted molar refractivity (Wildman–Crippen MR) is 112 cm³/mol. The van der Waals surface area contributed by atoms with Crippen LogP contribution in [-0.4, -0.2) is 40.8 Å². The fraction of sp³-hybridized carbons (Fsp3) is 0.238. The fourth-order valence-electron chi connectivity index (χ4n) is 3.91. The van der Waals surface area contributed by atoms with Gasteiger partial charge in [-0.2, -0.15) is 0 Å². The van der Waals surface area contributed by atoms with Gasteiger partial charge in [0.15, 0.2) is 0 Å². The largest absolute Gasteiger partial charge is 0.378 e. The maximum atomic E-state index is 14.7. The molecule has 29 heavy (non-hydrogen) atoms. The summed E-state index contributed by atoms with van der Waals surface area (Å²) in [5.74, 6) is -0.398. The first kappa shape index (κ1) is 18.4. The molecular formula is C21H17BrF2N4O. The zero-order chi connectivity index (χ0) is 20.1. The third kappa shape index (κ3) is 2.98. The maximum absolute atomic E-state index is 14.7. The Morgan fingerprint density at radius 1 is 1.03 bits per heavy atom. The highest BCUT2D eigenvalue weighted by molar-refractivity contribution is 9.10. The van der Waals surface area contributed by atoms with Crippen molar-refractivity contribution in [2.45, 2.75) is 6.92 Å². The SMILES string of the molecule is Cc1nc2c(Br)cc(N3CCOCC3)cc2n1-c1ccnc2c(F)ccc(F)c12. The molecule has 0 aliphatic carbocycles. The average molecular weight is 459 g/mol. The summed E-state index contributed by atoms with van der Waals surface area (Å²) in [5, 5.41) is 0.141. The van der Waals surface area contributed by atoms with Crippen LogP contribution < -0.4 is 4.90 Å². The summed E-state index contributed by atoms with van der Waals surface area (Å²) in [6.45, 7) is 4.79. The highest BCUT2D eigenvalue weighted by Crippen LogP contribution is 2.35. The van der Waals surface area contributed by atoms with Crippen molar-refractivity contribution in [3.63, 3.8) is 0 Å². The van der Waals surface area contributed by atoms with E-state index in [1.54, 1.807) is 6.07 Å². The maximum Gasteiger partial charge on any atom is 0.149 e. The minimum atomic E-state index is -0.555. The number of pyridine rings is 1. The number of aryl methyl sites for hydroxylation is 1. The molecule has 148 valence electrons. The topological polar surface area (TPSA) is 43.2 Å². The summed E-state index contributed by atoms with van der Waals surface area (Å²) >= 11 is 3.63. The van der Waals surface area contributed by atoms with Crippen molar-refractivity contribution < 1.29 is 13.5 Å². The number of rotatable bonds is 2. The molecule has 0 radical (unpaired) electrons. The van der Waals surface area contributed by atoms with Crippen molar-refractivity contribution in [1.29, 1.82) is 0 Å². The van der Waals surface area contributed by atoms with Gasteiger partial charge in [0.2, 0.25) is 0 Å². The van der Waals surface area contributed by atoms with E-state index in [1.165, 1.54) is 6.20 Å². The quantitative estimate of drug-likeness (QED) is 0.434. The standard InChI is InChI=1S/C21H17BrF2N4O/c1-12-26-20-14(22)10-13(27-6-8-29-9-7-27)11-18(20)28(12)17-4-5-25-21-16(24)3-2-15(23)19(17)21/h2-5,10-11H,6-9H2,1H3. The summed E-state index contributed by atoms with van der Waals surface area (Å²) in [4.78, 5) is 11.0. The van der Waals surface area contributed by atoms with E-state index in [9.17, 15) is 8.78 Å². The zero-order valence-electron chi connectivity index (χ0n) is 15.6. The first-order valence-corrected chi connectivity index (χ1v) is 10.1. The van der Waals surface area contributed by atoms with Crippen molar-refractivity contribution >= 4 is 43.6 Å². The molecule has 1 aliphatic heterocycles. The molecule has 0 atom stereocenters. The molecule has 5 rings (SSSR count). The first-order chi connectivity index (χ1) is 14.0. The van der Waals surface area contributed by atoms with E-state index in [1.807, 2.05) is 23.6 Å². The number of halogens is 3. The van der Waals surface area contributed by atoms with Crippen molar-refractivity contribution in [2.24, 2.45) is 0 Å². The van der Waals surface area contributed by atoms with Gasteiger partial charge in [-0.25, -0.2) is 13.8 Å². The van der Waals surface area contributed by atoms with Crippen LogP contribution in [0, 0.1) is 18.6 Å². The minimum Gasteiger partial charge on any atom is -0.378 e. The van der Waals surface area contributed by atoms with E-state index in [4.69, 9.17) is 4.74 Å². The summed E-state index contributed by atoms with van der Waals surface area (Å²) in [7, 11) is 0. The molecule has 1 saturated heterocycles. The number of benzene rings is 2. The number of morpholine rings is 1. The van der Waals surface area contributed by atoms with E-state index >= 15 is 0 Å². The Labute approximate surface area is 174 Å². The van der Waals surface area contributed by atoms with E-state index in [0.717, 1.165) is 46.4 Å². The van der Waals surface area contributed by atoms with Crippen LogP contribution >= 0.6 is 15.9 Å². The van der Waals surface area contributed by atoms with Crippen LogP contribution in [0.2, 0.25) is 0 Å². The molecule has 4 aromatic rings. The first-order valence-electron chi connectivity index (χ1n) is 9.29. The van der Waals surface area contributed by atoms with Gasteiger partial charge in [0.1, 0.15) is 28.5 Å². The summed E-state index contributed by atoms with van der Waals surface area (Å²) in [5.41, 5.74) is 3.12. The van der Waals surface area contributed by atoms with Gasteiger partial charge >= 0.3 is 0 Å². The number of imidazole rings is 1. The highest BCUT2D eigenvalue weighted by Gasteiger charge is 2.20. The summed E-state index contributed by atoms with van der Waals surface area (Å²) in [6, 6.07) is 7.99. The fourth-order valence-corrected chi connectivity index (χ4v) is 4.44. The smallest absolute Gasteiger partial charge is 0.149 e. The molecule has 8 heteroatoms. The molecule has 1 fully saturated rings. The molecule has 0 N–H and O–H groups in total. The van der Waals surface area contributed by atoms with E-state index in [0.29, 0.717) is 24.7 Å². The second-order valence-electron chi connectivity index (χ2n) is 6.97. The highest BCUT2D eigenvalue weighted by atomic mass is 79.9. The Kier molecular flexibility index (Phi) is 4.48. The number of hydrogen-bond acceptors (Lipinski definition) is 4. The number of nitrogens with zero attached hydrogens (tertiary/aromatic N) is 4. The molecule has 0 amide bonds. The van der Waals surface area contributed by atoms with Gasteiger partial charge in [-0.05, 0) is 53.2 Å². The van der Waals surface area contributed by atoms with Crippen LogP contribution in [0.15, 0.2) is 41.0 Å². The van der Waals surface area contributed by atoms with Crippen molar-refractivity contribution in [2.75, 3.05) is 31.2 Å². The van der Waals surface area contributed by atoms with Gasteiger partial charge in [-0.1, -0.05) is 0 Å². The van der Waals surface area contributed by atoms with Crippen molar-refractivity contribution in [1.82, 2.24) is 14.5 Å². The van der Waals surface area contributed by atoms with Gasteiger partial charge in [-0.15, -0.1) is 0 Å². The molecule has 0 bridgehead atoms. The molecule has 0 unspecified atom stereocenters. The second-order valence-corrected chi connectivity index (χ2v) is 7.83. The van der Waals surface area contributed by atoms with E-state index in [2.05, 4.69) is 30.8 Å². The third-order valence-electron chi connectivity index (χ3n) is 5.25. The van der Waals surface area contributed by atoms with Crippen LogP contribution in [0.3, 0.4) is 0 Å². The van der Waals surface area contributed by atoms with Crippen molar-refractivity contribution in [3.05, 3.63) is 58.5 Å². The van der Waals surface area contributed by atoms with Gasteiger partial charge in [0.25, 0.3) is 0 Å². The van der Waals surface area contributed by atoms with Crippen LogP contribution in [0.25, 0.3) is 27.6 Å². The van der Waals surface area contributed by atoms with E-state index < -0.39 is 11.6 Å². The third-order valence-corrected chi connectivity index (χ3v) is 5.86. The van der Waals surface area contributed by atoms with Crippen LogP contribution in [0.5, 0.6) is 0 Å². The lowest BCUT2D eigenvalue weighted by Gasteiger charge is -2.29. The molecule has 0 spiro atoms. The monoisotopic (exact) mass is 458 g/mol. The molecule has 5 nitrogen and oxygen atoms in total.